The van der Waals surface area contributed by atoms with Gasteiger partial charge in [0.25, 0.3) is 5.91 Å². The Morgan fingerprint density at radius 1 is 1.21 bits per heavy atom. The Bertz CT molecular complexity index is 838. The van der Waals surface area contributed by atoms with Gasteiger partial charge in [-0.25, -0.2) is 9.97 Å². The van der Waals surface area contributed by atoms with Gasteiger partial charge in [0.05, 0.1) is 6.10 Å². The fourth-order valence-corrected chi connectivity index (χ4v) is 3.94. The SMILES string of the molecule is Cc1ccc(-c2ncc(C(=O)NCC3CCCO3)c(N3CCC(C)CC3)n2)cc1. The highest BCUT2D eigenvalue weighted by molar-refractivity contribution is 5.99. The summed E-state index contributed by atoms with van der Waals surface area (Å²) >= 11 is 0. The first-order chi connectivity index (χ1) is 14.1. The van der Waals surface area contributed by atoms with Crippen LogP contribution < -0.4 is 10.2 Å². The van der Waals surface area contributed by atoms with Crippen molar-refractivity contribution in [3.05, 3.63) is 41.6 Å². The molecule has 0 bridgehead atoms. The highest BCUT2D eigenvalue weighted by Crippen LogP contribution is 2.27. The molecule has 2 aromatic rings. The monoisotopic (exact) mass is 394 g/mol. The topological polar surface area (TPSA) is 67.3 Å². The quantitative estimate of drug-likeness (QED) is 0.839. The molecule has 2 fully saturated rings. The van der Waals surface area contributed by atoms with Crippen molar-refractivity contribution < 1.29 is 9.53 Å². The second kappa shape index (κ2) is 8.91. The summed E-state index contributed by atoms with van der Waals surface area (Å²) in [5.74, 6) is 1.99. The zero-order chi connectivity index (χ0) is 20.2. The molecule has 6 heteroatoms. The van der Waals surface area contributed by atoms with Gasteiger partial charge in [0, 0.05) is 38.0 Å². The molecule has 2 aliphatic heterocycles. The average molecular weight is 395 g/mol. The number of carbonyl (C=O) groups is 1. The molecule has 1 N–H and O–H groups in total. The molecule has 1 aromatic carbocycles. The van der Waals surface area contributed by atoms with E-state index in [1.165, 1.54) is 5.56 Å². The lowest BCUT2D eigenvalue weighted by molar-refractivity contribution is 0.0857. The van der Waals surface area contributed by atoms with Gasteiger partial charge in [0.15, 0.2) is 5.82 Å². The lowest BCUT2D eigenvalue weighted by atomic mass is 9.99. The Labute approximate surface area is 172 Å². The number of nitrogens with zero attached hydrogens (tertiary/aromatic N) is 3. The molecule has 0 radical (unpaired) electrons. The van der Waals surface area contributed by atoms with Crippen molar-refractivity contribution in [2.45, 2.75) is 45.6 Å². The third kappa shape index (κ3) is 4.75. The first-order valence-corrected chi connectivity index (χ1v) is 10.7. The number of aromatic nitrogens is 2. The fraction of sp³-hybridized carbons (Fsp3) is 0.522. The minimum absolute atomic E-state index is 0.117. The van der Waals surface area contributed by atoms with Gasteiger partial charge in [-0.2, -0.15) is 0 Å². The molecule has 0 aliphatic carbocycles. The number of aryl methyl sites for hydroxylation is 1. The molecule has 1 amide bonds. The number of amides is 1. The van der Waals surface area contributed by atoms with Gasteiger partial charge in [-0.1, -0.05) is 36.8 Å². The van der Waals surface area contributed by atoms with E-state index >= 15 is 0 Å². The number of nitrogens with one attached hydrogen (secondary N) is 1. The minimum Gasteiger partial charge on any atom is -0.376 e. The lowest BCUT2D eigenvalue weighted by Gasteiger charge is -2.32. The van der Waals surface area contributed by atoms with E-state index in [0.29, 0.717) is 23.9 Å². The summed E-state index contributed by atoms with van der Waals surface area (Å²) in [4.78, 5) is 24.5. The second-order valence-corrected chi connectivity index (χ2v) is 8.31. The summed E-state index contributed by atoms with van der Waals surface area (Å²) in [7, 11) is 0. The molecule has 2 saturated heterocycles. The van der Waals surface area contributed by atoms with Crippen molar-refractivity contribution in [2.24, 2.45) is 5.92 Å². The highest BCUT2D eigenvalue weighted by atomic mass is 16.5. The van der Waals surface area contributed by atoms with Crippen LogP contribution in [0.15, 0.2) is 30.5 Å². The first-order valence-electron chi connectivity index (χ1n) is 10.7. The number of carbonyl (C=O) groups excluding carboxylic acids is 1. The van der Waals surface area contributed by atoms with Crippen LogP contribution in [0.1, 0.15) is 48.5 Å². The number of piperidine rings is 1. The Balaban J connectivity index is 1.60. The third-order valence-electron chi connectivity index (χ3n) is 5.92. The highest BCUT2D eigenvalue weighted by Gasteiger charge is 2.25. The van der Waals surface area contributed by atoms with Crippen molar-refractivity contribution >= 4 is 11.7 Å². The number of hydrogen-bond acceptors (Lipinski definition) is 5. The predicted octanol–water partition coefficient (Wildman–Crippen LogP) is 3.60. The zero-order valence-electron chi connectivity index (χ0n) is 17.4. The number of benzene rings is 1. The maximum Gasteiger partial charge on any atom is 0.256 e. The standard InChI is InChI=1S/C23H30N4O2/c1-16-5-7-18(8-6-16)21-24-15-20(23(28)25-14-19-4-3-13-29-19)22(26-21)27-11-9-17(2)10-12-27/h5-8,15,17,19H,3-4,9-14H2,1-2H3,(H,25,28). The van der Waals surface area contributed by atoms with Crippen LogP contribution in [0.3, 0.4) is 0 Å². The smallest absolute Gasteiger partial charge is 0.256 e. The van der Waals surface area contributed by atoms with Crippen LogP contribution in [0.4, 0.5) is 5.82 Å². The predicted molar refractivity (Wildman–Crippen MR) is 114 cm³/mol. The Hall–Kier alpha value is -2.47. The van der Waals surface area contributed by atoms with Gasteiger partial charge in [0.1, 0.15) is 11.4 Å². The molecule has 29 heavy (non-hydrogen) atoms. The van der Waals surface area contributed by atoms with Crippen LogP contribution in [0, 0.1) is 12.8 Å². The van der Waals surface area contributed by atoms with Crippen molar-refractivity contribution in [3.8, 4) is 11.4 Å². The van der Waals surface area contributed by atoms with Gasteiger partial charge < -0.3 is 15.0 Å². The van der Waals surface area contributed by atoms with Crippen LogP contribution in [0.2, 0.25) is 0 Å². The van der Waals surface area contributed by atoms with Crippen molar-refractivity contribution in [2.75, 3.05) is 31.1 Å². The van der Waals surface area contributed by atoms with Crippen LogP contribution in [0.5, 0.6) is 0 Å². The summed E-state index contributed by atoms with van der Waals surface area (Å²) in [5.41, 5.74) is 2.71. The lowest BCUT2D eigenvalue weighted by Crippen LogP contribution is -2.37. The van der Waals surface area contributed by atoms with Crippen LogP contribution in [0.25, 0.3) is 11.4 Å². The van der Waals surface area contributed by atoms with E-state index in [2.05, 4.69) is 41.2 Å². The number of ether oxygens (including phenoxy) is 1. The number of hydrogen-bond donors (Lipinski definition) is 1. The molecule has 2 aliphatic rings. The molecule has 1 unspecified atom stereocenters. The van der Waals surface area contributed by atoms with Gasteiger partial charge in [0.2, 0.25) is 0 Å². The second-order valence-electron chi connectivity index (χ2n) is 8.31. The summed E-state index contributed by atoms with van der Waals surface area (Å²) < 4.78 is 5.63. The number of rotatable bonds is 5. The molecule has 1 atom stereocenters. The van der Waals surface area contributed by atoms with Gasteiger partial charge >= 0.3 is 0 Å². The van der Waals surface area contributed by atoms with E-state index < -0.39 is 0 Å². The van der Waals surface area contributed by atoms with Gasteiger partial charge in [-0.3, -0.25) is 4.79 Å². The fourth-order valence-electron chi connectivity index (χ4n) is 3.94. The minimum atomic E-state index is -0.121. The van der Waals surface area contributed by atoms with E-state index in [1.54, 1.807) is 6.20 Å². The number of anilines is 1. The molecule has 154 valence electrons. The maximum atomic E-state index is 12.9. The van der Waals surface area contributed by atoms with Crippen LogP contribution in [-0.2, 0) is 4.74 Å². The van der Waals surface area contributed by atoms with Crippen molar-refractivity contribution in [1.82, 2.24) is 15.3 Å². The molecule has 3 heterocycles. The maximum absolute atomic E-state index is 12.9. The third-order valence-corrected chi connectivity index (χ3v) is 5.92. The molecular formula is C23H30N4O2. The van der Waals surface area contributed by atoms with E-state index in [0.717, 1.165) is 56.8 Å². The van der Waals surface area contributed by atoms with E-state index in [4.69, 9.17) is 9.72 Å². The largest absolute Gasteiger partial charge is 0.376 e. The van der Waals surface area contributed by atoms with Gasteiger partial charge in [-0.05, 0) is 38.5 Å². The Kier molecular flexibility index (Phi) is 6.09. The molecule has 4 rings (SSSR count). The van der Waals surface area contributed by atoms with Crippen molar-refractivity contribution in [3.63, 3.8) is 0 Å². The first kappa shape index (κ1) is 19.8. The van der Waals surface area contributed by atoms with Crippen molar-refractivity contribution in [1.29, 1.82) is 0 Å². The zero-order valence-corrected chi connectivity index (χ0v) is 17.4. The van der Waals surface area contributed by atoms with Crippen LogP contribution in [-0.4, -0.2) is 48.2 Å². The summed E-state index contributed by atoms with van der Waals surface area (Å²) in [6.45, 7) is 7.49. The molecular weight excluding hydrogens is 364 g/mol. The molecule has 0 saturated carbocycles. The summed E-state index contributed by atoms with van der Waals surface area (Å²) in [6, 6.07) is 8.18. The average Bonchev–Trinajstić information content (AvgIpc) is 3.26. The summed E-state index contributed by atoms with van der Waals surface area (Å²) in [5, 5.41) is 3.03. The van der Waals surface area contributed by atoms with Crippen LogP contribution >= 0.6 is 0 Å². The Morgan fingerprint density at radius 2 is 1.97 bits per heavy atom. The van der Waals surface area contributed by atoms with Gasteiger partial charge in [-0.15, -0.1) is 0 Å². The van der Waals surface area contributed by atoms with E-state index in [-0.39, 0.29) is 12.0 Å². The van der Waals surface area contributed by atoms with E-state index in [1.807, 2.05) is 12.1 Å². The Morgan fingerprint density at radius 3 is 2.66 bits per heavy atom. The molecule has 0 spiro atoms. The van der Waals surface area contributed by atoms with E-state index in [9.17, 15) is 4.79 Å². The summed E-state index contributed by atoms with van der Waals surface area (Å²) in [6.07, 6.45) is 6.08. The molecule has 6 nitrogen and oxygen atoms in total. The normalized spacial score (nSPS) is 20.1. The molecule has 1 aromatic heterocycles.